The minimum atomic E-state index is -0.853. The van der Waals surface area contributed by atoms with Gasteiger partial charge in [0, 0.05) is 12.1 Å². The van der Waals surface area contributed by atoms with E-state index >= 15 is 0 Å². The van der Waals surface area contributed by atoms with Crippen LogP contribution in [0.2, 0.25) is 0 Å². The van der Waals surface area contributed by atoms with Crippen LogP contribution in [-0.4, -0.2) is 12.5 Å². The number of carbonyl (C=O) groups is 1. The lowest BCUT2D eigenvalue weighted by Crippen LogP contribution is -2.27. The molecule has 2 nitrogen and oxygen atoms in total. The largest absolute Gasteiger partial charge is 0.352 e. The third kappa shape index (κ3) is 2.52. The van der Waals surface area contributed by atoms with Crippen molar-refractivity contribution < 1.29 is 13.6 Å². The van der Waals surface area contributed by atoms with Gasteiger partial charge in [0.25, 0.3) is 5.91 Å². The summed E-state index contributed by atoms with van der Waals surface area (Å²) in [6.07, 6.45) is 3.39. The van der Waals surface area contributed by atoms with Crippen molar-refractivity contribution in [1.29, 1.82) is 0 Å². The van der Waals surface area contributed by atoms with Gasteiger partial charge in [-0.2, -0.15) is 0 Å². The highest BCUT2D eigenvalue weighted by atomic mass is 19.1. The molecule has 1 aromatic rings. The molecular weight excluding hydrogens is 224 g/mol. The van der Waals surface area contributed by atoms with E-state index in [9.17, 15) is 13.6 Å². The zero-order valence-electron chi connectivity index (χ0n) is 9.30. The molecule has 0 spiro atoms. The zero-order chi connectivity index (χ0) is 12.4. The van der Waals surface area contributed by atoms with Crippen LogP contribution in [0.1, 0.15) is 28.8 Å². The highest BCUT2D eigenvalue weighted by molar-refractivity contribution is 5.95. The Labute approximate surface area is 98.3 Å². The molecule has 0 atom stereocenters. The van der Waals surface area contributed by atoms with Crippen LogP contribution in [0.4, 0.5) is 8.78 Å². The molecule has 0 aliphatic heterocycles. The molecule has 0 aromatic heterocycles. The van der Waals surface area contributed by atoms with E-state index < -0.39 is 23.1 Å². The fraction of sp³-hybridized carbons (Fsp3) is 0.308. The Bertz CT molecular complexity index is 467. The van der Waals surface area contributed by atoms with Crippen molar-refractivity contribution in [3.05, 3.63) is 41.5 Å². The van der Waals surface area contributed by atoms with E-state index in [0.29, 0.717) is 12.5 Å². The number of halogens is 2. The minimum Gasteiger partial charge on any atom is -0.352 e. The Kier molecular flexibility index (Phi) is 3.22. The van der Waals surface area contributed by atoms with E-state index in [1.807, 2.05) is 0 Å². The monoisotopic (exact) mass is 237 g/mol. The number of hydrogen-bond donors (Lipinski definition) is 1. The molecule has 0 bridgehead atoms. The van der Waals surface area contributed by atoms with Gasteiger partial charge in [-0.3, -0.25) is 4.79 Å². The molecule has 90 valence electrons. The average molecular weight is 237 g/mol. The second-order valence-corrected chi connectivity index (χ2v) is 4.18. The summed E-state index contributed by atoms with van der Waals surface area (Å²) in [6.45, 7) is 3.89. The van der Waals surface area contributed by atoms with E-state index in [4.69, 9.17) is 0 Å². The number of hydrogen-bond acceptors (Lipinski definition) is 1. The van der Waals surface area contributed by atoms with Crippen molar-refractivity contribution in [2.75, 3.05) is 6.54 Å². The molecule has 0 radical (unpaired) electrons. The first kappa shape index (κ1) is 11.8. The van der Waals surface area contributed by atoms with Crippen molar-refractivity contribution in [2.24, 2.45) is 5.92 Å². The smallest absolute Gasteiger partial charge is 0.257 e. The predicted octanol–water partition coefficient (Wildman–Crippen LogP) is 2.75. The lowest BCUT2D eigenvalue weighted by atomic mass is 10.1. The lowest BCUT2D eigenvalue weighted by Gasteiger charge is -2.08. The first-order chi connectivity index (χ1) is 8.13. The highest BCUT2D eigenvalue weighted by Crippen LogP contribution is 2.27. The summed E-state index contributed by atoms with van der Waals surface area (Å²) in [7, 11) is 0. The normalized spacial score (nSPS) is 14.5. The topological polar surface area (TPSA) is 29.1 Å². The number of benzene rings is 1. The minimum absolute atomic E-state index is 0.128. The van der Waals surface area contributed by atoms with Crippen molar-refractivity contribution >= 4 is 12.0 Å². The van der Waals surface area contributed by atoms with Crippen LogP contribution in [0, 0.1) is 17.6 Å². The SMILES string of the molecule is C=Cc1ccc(F)c(C(=O)NCC2CC2)c1F. The third-order valence-corrected chi connectivity index (χ3v) is 2.82. The van der Waals surface area contributed by atoms with Crippen LogP contribution in [0.5, 0.6) is 0 Å². The fourth-order valence-electron chi connectivity index (χ4n) is 1.58. The average Bonchev–Trinajstić information content (AvgIpc) is 3.10. The highest BCUT2D eigenvalue weighted by Gasteiger charge is 2.24. The zero-order valence-corrected chi connectivity index (χ0v) is 9.30. The molecule has 2 rings (SSSR count). The van der Waals surface area contributed by atoms with Gasteiger partial charge in [-0.1, -0.05) is 12.7 Å². The number of rotatable bonds is 4. The van der Waals surface area contributed by atoms with Gasteiger partial charge in [0.2, 0.25) is 0 Å². The molecule has 1 aliphatic carbocycles. The van der Waals surface area contributed by atoms with Gasteiger partial charge in [0.15, 0.2) is 0 Å². The third-order valence-electron chi connectivity index (χ3n) is 2.82. The predicted molar refractivity (Wildman–Crippen MR) is 61.5 cm³/mol. The Hall–Kier alpha value is -1.71. The summed E-state index contributed by atoms with van der Waals surface area (Å²) < 4.78 is 27.2. The first-order valence-electron chi connectivity index (χ1n) is 5.52. The molecule has 1 saturated carbocycles. The van der Waals surface area contributed by atoms with Crippen molar-refractivity contribution in [2.45, 2.75) is 12.8 Å². The van der Waals surface area contributed by atoms with Gasteiger partial charge in [-0.15, -0.1) is 0 Å². The van der Waals surface area contributed by atoms with Crippen molar-refractivity contribution in [1.82, 2.24) is 5.32 Å². The Balaban J connectivity index is 2.22. The lowest BCUT2D eigenvalue weighted by molar-refractivity contribution is 0.0943. The van der Waals surface area contributed by atoms with Gasteiger partial charge in [-0.25, -0.2) is 8.78 Å². The quantitative estimate of drug-likeness (QED) is 0.857. The van der Waals surface area contributed by atoms with E-state index in [2.05, 4.69) is 11.9 Å². The second kappa shape index (κ2) is 4.65. The van der Waals surface area contributed by atoms with Crippen LogP contribution >= 0.6 is 0 Å². The summed E-state index contributed by atoms with van der Waals surface area (Å²) in [5.74, 6) is -1.93. The molecule has 1 aliphatic rings. The molecule has 0 heterocycles. The maximum Gasteiger partial charge on any atom is 0.257 e. The summed E-state index contributed by atoms with van der Waals surface area (Å²) in [5, 5.41) is 2.54. The molecule has 1 fully saturated rings. The first-order valence-corrected chi connectivity index (χ1v) is 5.52. The van der Waals surface area contributed by atoms with Gasteiger partial charge >= 0.3 is 0 Å². The van der Waals surface area contributed by atoms with E-state index in [1.165, 1.54) is 12.1 Å². The maximum atomic E-state index is 13.8. The molecule has 1 amide bonds. The van der Waals surface area contributed by atoms with Crippen LogP contribution < -0.4 is 5.32 Å². The molecule has 4 heteroatoms. The van der Waals surface area contributed by atoms with Crippen molar-refractivity contribution in [3.63, 3.8) is 0 Å². The van der Waals surface area contributed by atoms with Crippen LogP contribution in [0.15, 0.2) is 18.7 Å². The van der Waals surface area contributed by atoms with Crippen molar-refractivity contribution in [3.8, 4) is 0 Å². The van der Waals surface area contributed by atoms with Gasteiger partial charge in [-0.05, 0) is 30.9 Å². The van der Waals surface area contributed by atoms with Crippen LogP contribution in [0.3, 0.4) is 0 Å². The molecular formula is C13H13F2NO. The van der Waals surface area contributed by atoms with Gasteiger partial charge in [0.05, 0.1) is 0 Å². The fourth-order valence-corrected chi connectivity index (χ4v) is 1.58. The Morgan fingerprint density at radius 1 is 1.47 bits per heavy atom. The second-order valence-electron chi connectivity index (χ2n) is 4.18. The standard InChI is InChI=1S/C13H13F2NO/c1-2-9-5-6-10(14)11(12(9)15)13(17)16-7-8-3-4-8/h2,5-6,8H,1,3-4,7H2,(H,16,17). The maximum absolute atomic E-state index is 13.8. The molecule has 17 heavy (non-hydrogen) atoms. The van der Waals surface area contributed by atoms with Gasteiger partial charge in [0.1, 0.15) is 17.2 Å². The summed E-state index contributed by atoms with van der Waals surface area (Å²) in [6, 6.07) is 2.33. The Morgan fingerprint density at radius 3 is 2.76 bits per heavy atom. The molecule has 0 unspecified atom stereocenters. The molecule has 1 N–H and O–H groups in total. The summed E-state index contributed by atoms with van der Waals surface area (Å²) in [5.41, 5.74) is -0.397. The van der Waals surface area contributed by atoms with E-state index in [0.717, 1.165) is 18.9 Å². The van der Waals surface area contributed by atoms with Crippen LogP contribution in [0.25, 0.3) is 6.08 Å². The Morgan fingerprint density at radius 2 is 2.18 bits per heavy atom. The molecule has 0 saturated heterocycles. The number of carbonyl (C=O) groups excluding carboxylic acids is 1. The van der Waals surface area contributed by atoms with Crippen LogP contribution in [-0.2, 0) is 0 Å². The van der Waals surface area contributed by atoms with E-state index in [-0.39, 0.29) is 5.56 Å². The number of amides is 1. The van der Waals surface area contributed by atoms with Gasteiger partial charge < -0.3 is 5.32 Å². The summed E-state index contributed by atoms with van der Waals surface area (Å²) >= 11 is 0. The summed E-state index contributed by atoms with van der Waals surface area (Å²) in [4.78, 5) is 11.7. The van der Waals surface area contributed by atoms with E-state index in [1.54, 1.807) is 0 Å². The molecule has 1 aromatic carbocycles. The number of nitrogens with one attached hydrogen (secondary N) is 1.